The van der Waals surface area contributed by atoms with Gasteiger partial charge in [0.15, 0.2) is 0 Å². The van der Waals surface area contributed by atoms with Crippen LogP contribution in [0.25, 0.3) is 0 Å². The molecule has 2 aromatic rings. The third kappa shape index (κ3) is 4.05. The quantitative estimate of drug-likeness (QED) is 0.779. The first-order valence-electron chi connectivity index (χ1n) is 7.25. The lowest BCUT2D eigenvalue weighted by atomic mass is 9.90. The second kappa shape index (κ2) is 6.38. The van der Waals surface area contributed by atoms with E-state index in [1.165, 1.54) is 5.56 Å². The van der Waals surface area contributed by atoms with Crippen LogP contribution in [0, 0.1) is 0 Å². The van der Waals surface area contributed by atoms with Gasteiger partial charge in [0.05, 0.1) is 6.10 Å². The summed E-state index contributed by atoms with van der Waals surface area (Å²) in [6, 6.07) is 21.5. The minimum Gasteiger partial charge on any atom is -0.388 e. The zero-order chi connectivity index (χ0) is 14.6. The van der Waals surface area contributed by atoms with Gasteiger partial charge in [0.25, 0.3) is 0 Å². The van der Waals surface area contributed by atoms with E-state index in [4.69, 9.17) is 0 Å². The Balaban J connectivity index is 2.32. The van der Waals surface area contributed by atoms with Crippen LogP contribution in [0.5, 0.6) is 0 Å². The number of hydrogen-bond donors (Lipinski definition) is 1. The minimum atomic E-state index is -1.26. The van der Waals surface area contributed by atoms with E-state index in [1.807, 2.05) is 36.4 Å². The maximum absolute atomic E-state index is 10.8. The van der Waals surface area contributed by atoms with Gasteiger partial charge in [0.2, 0.25) is 0 Å². The van der Waals surface area contributed by atoms with Crippen molar-refractivity contribution in [2.75, 3.05) is 0 Å². The van der Waals surface area contributed by atoms with Gasteiger partial charge in [-0.25, -0.2) is 0 Å². The Bertz CT molecular complexity index is 516. The van der Waals surface area contributed by atoms with Gasteiger partial charge in [0.1, 0.15) is 0 Å². The van der Waals surface area contributed by atoms with E-state index in [-0.39, 0.29) is 5.92 Å². The molecular weight excluding hydrogens is 260 g/mol. The molecule has 1 nitrogen and oxygen atoms in total. The van der Waals surface area contributed by atoms with Crippen molar-refractivity contribution in [3.8, 4) is 0 Å². The Hall–Kier alpha value is -1.38. The van der Waals surface area contributed by atoms with E-state index in [9.17, 15) is 5.11 Å². The highest BCUT2D eigenvalue weighted by Crippen LogP contribution is 2.37. The summed E-state index contributed by atoms with van der Waals surface area (Å²) in [5.74, 6) is 0.185. The lowest BCUT2D eigenvalue weighted by Crippen LogP contribution is -2.26. The first-order chi connectivity index (χ1) is 9.47. The molecule has 0 aliphatic heterocycles. The average Bonchev–Trinajstić information content (AvgIpc) is 2.45. The normalized spacial score (nSPS) is 14.8. The van der Waals surface area contributed by atoms with Crippen molar-refractivity contribution < 1.29 is 5.11 Å². The van der Waals surface area contributed by atoms with Crippen molar-refractivity contribution in [1.82, 2.24) is 0 Å². The second-order valence-corrected chi connectivity index (χ2v) is 12.2. The zero-order valence-electron chi connectivity index (χ0n) is 12.6. The predicted molar refractivity (Wildman–Crippen MR) is 88.7 cm³/mol. The van der Waals surface area contributed by atoms with E-state index in [0.717, 1.165) is 11.6 Å². The monoisotopic (exact) mass is 284 g/mol. The van der Waals surface area contributed by atoms with Crippen LogP contribution < -0.4 is 0 Å². The van der Waals surface area contributed by atoms with Gasteiger partial charge < -0.3 is 5.11 Å². The summed E-state index contributed by atoms with van der Waals surface area (Å²) in [5.41, 5.74) is 2.26. The molecule has 0 spiro atoms. The van der Waals surface area contributed by atoms with Crippen LogP contribution in [0.2, 0.25) is 25.7 Å². The number of hydrogen-bond acceptors (Lipinski definition) is 1. The largest absolute Gasteiger partial charge is 0.388 e. The van der Waals surface area contributed by atoms with Gasteiger partial charge in [-0.1, -0.05) is 80.3 Å². The highest BCUT2D eigenvalue weighted by molar-refractivity contribution is 6.76. The molecule has 2 atom stereocenters. The van der Waals surface area contributed by atoms with E-state index in [2.05, 4.69) is 43.9 Å². The van der Waals surface area contributed by atoms with Gasteiger partial charge in [-0.15, -0.1) is 0 Å². The summed E-state index contributed by atoms with van der Waals surface area (Å²) in [6.45, 7) is 7.09. The van der Waals surface area contributed by atoms with Gasteiger partial charge in [-0.2, -0.15) is 0 Å². The van der Waals surface area contributed by atoms with Crippen LogP contribution in [0.4, 0.5) is 0 Å². The molecule has 2 heteroatoms. The van der Waals surface area contributed by atoms with Crippen LogP contribution in [0.3, 0.4) is 0 Å². The Labute approximate surface area is 123 Å². The molecule has 0 radical (unpaired) electrons. The van der Waals surface area contributed by atoms with E-state index in [1.54, 1.807) is 0 Å². The van der Waals surface area contributed by atoms with Crippen molar-refractivity contribution >= 4 is 8.07 Å². The lowest BCUT2D eigenvalue weighted by Gasteiger charge is -2.29. The summed E-state index contributed by atoms with van der Waals surface area (Å²) in [5, 5.41) is 10.8. The van der Waals surface area contributed by atoms with E-state index < -0.39 is 14.2 Å². The topological polar surface area (TPSA) is 20.2 Å². The predicted octanol–water partition coefficient (Wildman–Crippen LogP) is 4.84. The first kappa shape index (κ1) is 15.0. The highest BCUT2D eigenvalue weighted by atomic mass is 28.3. The van der Waals surface area contributed by atoms with Crippen LogP contribution >= 0.6 is 0 Å². The number of aliphatic hydroxyl groups is 1. The van der Waals surface area contributed by atoms with Crippen molar-refractivity contribution in [1.29, 1.82) is 0 Å². The van der Waals surface area contributed by atoms with Gasteiger partial charge in [-0.05, 0) is 17.2 Å². The molecule has 0 bridgehead atoms. The molecule has 106 valence electrons. The Kier molecular flexibility index (Phi) is 4.79. The van der Waals surface area contributed by atoms with Gasteiger partial charge in [0, 0.05) is 14.0 Å². The summed E-state index contributed by atoms with van der Waals surface area (Å²) in [4.78, 5) is 0. The maximum atomic E-state index is 10.8. The molecule has 0 amide bonds. The van der Waals surface area contributed by atoms with Crippen molar-refractivity contribution in [2.24, 2.45) is 0 Å². The molecule has 2 rings (SSSR count). The molecule has 0 aliphatic carbocycles. The highest BCUT2D eigenvalue weighted by Gasteiger charge is 2.28. The minimum absolute atomic E-state index is 0.185. The third-order valence-electron chi connectivity index (χ3n) is 3.58. The van der Waals surface area contributed by atoms with E-state index >= 15 is 0 Å². The molecule has 0 saturated heterocycles. The molecule has 20 heavy (non-hydrogen) atoms. The zero-order valence-corrected chi connectivity index (χ0v) is 13.6. The molecule has 0 saturated carbocycles. The molecule has 2 unspecified atom stereocenters. The molecular formula is C18H24OSi. The van der Waals surface area contributed by atoms with E-state index in [0.29, 0.717) is 0 Å². The summed E-state index contributed by atoms with van der Waals surface area (Å²) >= 11 is 0. The SMILES string of the molecule is C[Si](C)(C)CC(c1ccccc1)C(O)c1ccccc1. The molecule has 1 N–H and O–H groups in total. The number of rotatable bonds is 5. The van der Waals surface area contributed by atoms with Crippen LogP contribution in [-0.2, 0) is 0 Å². The Morgan fingerprint density at radius 1 is 0.800 bits per heavy atom. The molecule has 0 fully saturated rings. The van der Waals surface area contributed by atoms with Crippen LogP contribution in [-0.4, -0.2) is 13.2 Å². The van der Waals surface area contributed by atoms with Crippen LogP contribution in [0.15, 0.2) is 60.7 Å². The smallest absolute Gasteiger partial charge is 0.0855 e. The first-order valence-corrected chi connectivity index (χ1v) is 11.0. The van der Waals surface area contributed by atoms with Crippen molar-refractivity contribution in [2.45, 2.75) is 37.7 Å². The number of benzene rings is 2. The lowest BCUT2D eigenvalue weighted by molar-refractivity contribution is 0.151. The standard InChI is InChI=1S/C18H24OSi/c1-20(2,3)14-17(15-10-6-4-7-11-15)18(19)16-12-8-5-9-13-16/h4-13,17-19H,14H2,1-3H3. The van der Waals surface area contributed by atoms with Gasteiger partial charge >= 0.3 is 0 Å². The molecule has 2 aromatic carbocycles. The number of aliphatic hydroxyl groups excluding tert-OH is 1. The molecule has 0 aliphatic rings. The second-order valence-electron chi connectivity index (χ2n) is 6.64. The van der Waals surface area contributed by atoms with Crippen LogP contribution in [0.1, 0.15) is 23.1 Å². The van der Waals surface area contributed by atoms with Gasteiger partial charge in [-0.3, -0.25) is 0 Å². The molecule has 0 heterocycles. The third-order valence-corrected chi connectivity index (χ3v) is 5.25. The fourth-order valence-electron chi connectivity index (χ4n) is 2.65. The average molecular weight is 284 g/mol. The van der Waals surface area contributed by atoms with Crippen molar-refractivity contribution in [3.05, 3.63) is 71.8 Å². The summed E-state index contributed by atoms with van der Waals surface area (Å²) in [6.07, 6.45) is -0.426. The Morgan fingerprint density at radius 3 is 1.70 bits per heavy atom. The molecule has 0 aromatic heterocycles. The summed E-state index contributed by atoms with van der Waals surface area (Å²) < 4.78 is 0. The fraction of sp³-hybridized carbons (Fsp3) is 0.333. The van der Waals surface area contributed by atoms with Crippen molar-refractivity contribution in [3.63, 3.8) is 0 Å². The maximum Gasteiger partial charge on any atom is 0.0855 e. The Morgan fingerprint density at radius 2 is 1.25 bits per heavy atom. The fourth-order valence-corrected chi connectivity index (χ4v) is 4.43. The summed E-state index contributed by atoms with van der Waals surface area (Å²) in [7, 11) is -1.26.